The normalized spacial score (nSPS) is 22.2. The molecule has 0 aromatic carbocycles. The van der Waals surface area contributed by atoms with E-state index in [-0.39, 0.29) is 23.8 Å². The summed E-state index contributed by atoms with van der Waals surface area (Å²) in [6.45, 7) is 10.5. The Morgan fingerprint density at radius 1 is 1.24 bits per heavy atom. The molecule has 2 aromatic rings. The molecule has 0 unspecified atom stereocenters. The predicted octanol–water partition coefficient (Wildman–Crippen LogP) is 2.33. The zero-order valence-corrected chi connectivity index (χ0v) is 17.4. The number of hydrogen-bond donors (Lipinski definition) is 1. The second kappa shape index (κ2) is 8.62. The minimum absolute atomic E-state index is 0.0408. The lowest BCUT2D eigenvalue weighted by molar-refractivity contribution is 0.0301. The van der Waals surface area contributed by atoms with Crippen molar-refractivity contribution in [2.24, 2.45) is 0 Å². The second-order valence-electron chi connectivity index (χ2n) is 8.26. The van der Waals surface area contributed by atoms with E-state index in [1.165, 1.54) is 0 Å². The van der Waals surface area contributed by atoms with Gasteiger partial charge >= 0.3 is 0 Å². The maximum Gasteiger partial charge on any atom is 0.257 e. The number of rotatable bonds is 5. The molecule has 1 amide bonds. The van der Waals surface area contributed by atoms with Gasteiger partial charge in [-0.15, -0.1) is 0 Å². The summed E-state index contributed by atoms with van der Waals surface area (Å²) >= 11 is 0. The van der Waals surface area contributed by atoms with Crippen molar-refractivity contribution in [1.82, 2.24) is 30.1 Å². The Balaban J connectivity index is 1.47. The molecule has 9 heteroatoms. The third-order valence-corrected chi connectivity index (χ3v) is 5.94. The van der Waals surface area contributed by atoms with Gasteiger partial charge in [-0.1, -0.05) is 19.0 Å². The van der Waals surface area contributed by atoms with Crippen LogP contribution in [-0.2, 0) is 4.74 Å². The number of morpholine rings is 1. The van der Waals surface area contributed by atoms with E-state index in [0.29, 0.717) is 37.8 Å². The van der Waals surface area contributed by atoms with Crippen LogP contribution in [0.25, 0.3) is 0 Å². The number of carbonyl (C=O) groups is 1. The first kappa shape index (κ1) is 20.0. The zero-order valence-electron chi connectivity index (χ0n) is 17.4. The molecule has 0 bridgehead atoms. The standard InChI is InChI=1S/C20H30N6O3/c1-13(2)18-22-19(29-24-18)14(3)26-6-4-5-15(12-26)17-16(11-21-23-17)20(27)25-7-9-28-10-8-25/h11,13-15H,4-10,12H2,1-3H3,(H,21,23)/t14-,15+/m0/s1. The van der Waals surface area contributed by atoms with E-state index in [9.17, 15) is 4.79 Å². The van der Waals surface area contributed by atoms with Gasteiger partial charge in [-0.2, -0.15) is 10.1 Å². The first-order chi connectivity index (χ1) is 14.0. The minimum atomic E-state index is 0.0408. The molecule has 2 aliphatic heterocycles. The Kier molecular flexibility index (Phi) is 5.96. The van der Waals surface area contributed by atoms with Crippen LogP contribution in [0.4, 0.5) is 0 Å². The number of likely N-dealkylation sites (tertiary alicyclic amines) is 1. The number of hydrogen-bond acceptors (Lipinski definition) is 7. The summed E-state index contributed by atoms with van der Waals surface area (Å²) in [5, 5.41) is 11.4. The molecule has 4 rings (SSSR count). The van der Waals surface area contributed by atoms with Crippen LogP contribution in [-0.4, -0.2) is 75.4 Å². The molecule has 0 saturated carbocycles. The molecule has 29 heavy (non-hydrogen) atoms. The average molecular weight is 402 g/mol. The van der Waals surface area contributed by atoms with Gasteiger partial charge in [0.05, 0.1) is 36.7 Å². The lowest BCUT2D eigenvalue weighted by atomic mass is 9.91. The largest absolute Gasteiger partial charge is 0.378 e. The Hall–Kier alpha value is -2.26. The third kappa shape index (κ3) is 4.20. The average Bonchev–Trinajstić information content (AvgIpc) is 3.43. The van der Waals surface area contributed by atoms with Gasteiger partial charge in [0, 0.05) is 31.5 Å². The van der Waals surface area contributed by atoms with Crippen LogP contribution in [0.3, 0.4) is 0 Å². The lowest BCUT2D eigenvalue weighted by Crippen LogP contribution is -2.41. The topological polar surface area (TPSA) is 100 Å². The highest BCUT2D eigenvalue weighted by atomic mass is 16.5. The Morgan fingerprint density at radius 2 is 2.03 bits per heavy atom. The molecule has 9 nitrogen and oxygen atoms in total. The van der Waals surface area contributed by atoms with Gasteiger partial charge in [0.1, 0.15) is 0 Å². The smallest absolute Gasteiger partial charge is 0.257 e. The van der Waals surface area contributed by atoms with Crippen LogP contribution in [0.2, 0.25) is 0 Å². The van der Waals surface area contributed by atoms with Gasteiger partial charge in [0.25, 0.3) is 5.91 Å². The summed E-state index contributed by atoms with van der Waals surface area (Å²) in [6.07, 6.45) is 3.74. The van der Waals surface area contributed by atoms with E-state index < -0.39 is 0 Å². The molecule has 0 radical (unpaired) electrons. The minimum Gasteiger partial charge on any atom is -0.378 e. The van der Waals surface area contributed by atoms with Gasteiger partial charge in [-0.3, -0.25) is 14.8 Å². The van der Waals surface area contributed by atoms with Gasteiger partial charge in [-0.25, -0.2) is 0 Å². The molecule has 2 aliphatic rings. The van der Waals surface area contributed by atoms with Crippen LogP contribution in [0.5, 0.6) is 0 Å². The van der Waals surface area contributed by atoms with Crippen LogP contribution >= 0.6 is 0 Å². The van der Waals surface area contributed by atoms with Crippen molar-refractivity contribution in [3.8, 4) is 0 Å². The van der Waals surface area contributed by atoms with E-state index in [1.54, 1.807) is 6.20 Å². The lowest BCUT2D eigenvalue weighted by Gasteiger charge is -2.35. The Bertz CT molecular complexity index is 826. The van der Waals surface area contributed by atoms with Crippen molar-refractivity contribution in [3.05, 3.63) is 29.2 Å². The van der Waals surface area contributed by atoms with Gasteiger partial charge < -0.3 is 14.2 Å². The van der Waals surface area contributed by atoms with Crippen LogP contribution in [0.1, 0.15) is 79.3 Å². The summed E-state index contributed by atoms with van der Waals surface area (Å²) in [4.78, 5) is 21.8. The van der Waals surface area contributed by atoms with Gasteiger partial charge in [0.15, 0.2) is 5.82 Å². The number of piperidine rings is 1. The fourth-order valence-electron chi connectivity index (χ4n) is 4.12. The van der Waals surface area contributed by atoms with Crippen molar-refractivity contribution < 1.29 is 14.1 Å². The fraction of sp³-hybridized carbons (Fsp3) is 0.700. The molecular formula is C20H30N6O3. The summed E-state index contributed by atoms with van der Waals surface area (Å²) < 4.78 is 10.9. The van der Waals surface area contributed by atoms with E-state index in [2.05, 4.69) is 46.0 Å². The first-order valence-corrected chi connectivity index (χ1v) is 10.5. The number of H-pyrrole nitrogens is 1. The number of amides is 1. The monoisotopic (exact) mass is 402 g/mol. The quantitative estimate of drug-likeness (QED) is 0.819. The van der Waals surface area contributed by atoms with Crippen LogP contribution in [0.15, 0.2) is 10.7 Å². The highest BCUT2D eigenvalue weighted by Crippen LogP contribution is 2.32. The summed E-state index contributed by atoms with van der Waals surface area (Å²) in [7, 11) is 0. The molecule has 2 aromatic heterocycles. The van der Waals surface area contributed by atoms with Gasteiger partial charge in [0.2, 0.25) is 5.89 Å². The molecule has 0 aliphatic carbocycles. The summed E-state index contributed by atoms with van der Waals surface area (Å²) in [5.74, 6) is 1.91. The van der Waals surface area contributed by atoms with Crippen molar-refractivity contribution in [2.75, 3.05) is 39.4 Å². The van der Waals surface area contributed by atoms with Crippen molar-refractivity contribution in [3.63, 3.8) is 0 Å². The van der Waals surface area contributed by atoms with E-state index in [4.69, 9.17) is 9.26 Å². The second-order valence-corrected chi connectivity index (χ2v) is 8.26. The van der Waals surface area contributed by atoms with E-state index >= 15 is 0 Å². The third-order valence-electron chi connectivity index (χ3n) is 5.94. The number of ether oxygens (including phenoxy) is 1. The molecule has 0 spiro atoms. The highest BCUT2D eigenvalue weighted by molar-refractivity contribution is 5.95. The molecular weight excluding hydrogens is 372 g/mol. The first-order valence-electron chi connectivity index (χ1n) is 10.5. The number of nitrogens with one attached hydrogen (secondary N) is 1. The van der Waals surface area contributed by atoms with E-state index in [0.717, 1.165) is 37.4 Å². The highest BCUT2D eigenvalue weighted by Gasteiger charge is 2.32. The Morgan fingerprint density at radius 3 is 2.76 bits per heavy atom. The summed E-state index contributed by atoms with van der Waals surface area (Å²) in [5.41, 5.74) is 1.62. The fourth-order valence-corrected chi connectivity index (χ4v) is 4.12. The molecule has 2 fully saturated rings. The summed E-state index contributed by atoms with van der Waals surface area (Å²) in [6, 6.07) is 0.0408. The van der Waals surface area contributed by atoms with Crippen LogP contribution in [0, 0.1) is 0 Å². The Labute approximate surface area is 170 Å². The van der Waals surface area contributed by atoms with Crippen LogP contribution < -0.4 is 0 Å². The SMILES string of the molecule is CC(C)c1noc([C@H](C)N2CCC[C@@H](c3[nH]ncc3C(=O)N3CCOCC3)C2)n1. The maximum atomic E-state index is 13.0. The van der Waals surface area contributed by atoms with E-state index in [1.807, 2.05) is 4.90 Å². The molecule has 2 saturated heterocycles. The molecule has 2 atom stereocenters. The molecule has 1 N–H and O–H groups in total. The number of nitrogens with zero attached hydrogens (tertiary/aromatic N) is 5. The number of aromatic amines is 1. The zero-order chi connectivity index (χ0) is 20.4. The predicted molar refractivity (Wildman–Crippen MR) is 106 cm³/mol. The van der Waals surface area contributed by atoms with Crippen molar-refractivity contribution in [2.45, 2.75) is 51.5 Å². The molecule has 4 heterocycles. The number of carbonyl (C=O) groups excluding carboxylic acids is 1. The van der Waals surface area contributed by atoms with Gasteiger partial charge in [-0.05, 0) is 26.3 Å². The maximum absolute atomic E-state index is 13.0. The van der Waals surface area contributed by atoms with Crippen molar-refractivity contribution >= 4 is 5.91 Å². The molecule has 158 valence electrons. The van der Waals surface area contributed by atoms with Crippen molar-refractivity contribution in [1.29, 1.82) is 0 Å². The number of aromatic nitrogens is 4.